The highest BCUT2D eigenvalue weighted by atomic mass is 16.2. The summed E-state index contributed by atoms with van der Waals surface area (Å²) in [5, 5.41) is 3.11. The number of rotatable bonds is 4. The van der Waals surface area contributed by atoms with Crippen LogP contribution in [0.5, 0.6) is 0 Å². The normalized spacial score (nSPS) is 37.5. The second-order valence-electron chi connectivity index (χ2n) is 6.11. The first-order valence-corrected chi connectivity index (χ1v) is 6.69. The van der Waals surface area contributed by atoms with E-state index < -0.39 is 0 Å². The summed E-state index contributed by atoms with van der Waals surface area (Å²) in [5.74, 6) is 1.39. The summed E-state index contributed by atoms with van der Waals surface area (Å²) in [6.07, 6.45) is 3.59. The zero-order chi connectivity index (χ0) is 12.6. The third-order valence-electron chi connectivity index (χ3n) is 4.31. The zero-order valence-corrected chi connectivity index (χ0v) is 11.1. The van der Waals surface area contributed by atoms with Gasteiger partial charge < -0.3 is 16.0 Å². The van der Waals surface area contributed by atoms with Crippen LogP contribution in [0.15, 0.2) is 0 Å². The van der Waals surface area contributed by atoms with Gasteiger partial charge in [-0.3, -0.25) is 4.79 Å². The van der Waals surface area contributed by atoms with Crippen LogP contribution in [-0.4, -0.2) is 43.5 Å². The molecule has 17 heavy (non-hydrogen) atoms. The summed E-state index contributed by atoms with van der Waals surface area (Å²) in [5.41, 5.74) is 6.17. The summed E-state index contributed by atoms with van der Waals surface area (Å²) in [4.78, 5) is 14.3. The number of likely N-dealkylation sites (N-methyl/N-ethyl adjacent to an activating group) is 1. The molecular weight excluding hydrogens is 214 g/mol. The summed E-state index contributed by atoms with van der Waals surface area (Å²) in [6, 6.07) is 0.295. The molecule has 5 atom stereocenters. The predicted molar refractivity (Wildman–Crippen MR) is 68.5 cm³/mol. The Labute approximate surface area is 104 Å². The van der Waals surface area contributed by atoms with Crippen LogP contribution in [-0.2, 0) is 4.79 Å². The average molecular weight is 239 g/mol. The molecule has 0 aromatic heterocycles. The molecule has 1 amide bonds. The van der Waals surface area contributed by atoms with E-state index in [4.69, 9.17) is 5.73 Å². The lowest BCUT2D eigenvalue weighted by Crippen LogP contribution is -2.49. The van der Waals surface area contributed by atoms with Gasteiger partial charge >= 0.3 is 0 Å². The number of nitrogens with one attached hydrogen (secondary N) is 1. The van der Waals surface area contributed by atoms with Gasteiger partial charge in [-0.15, -0.1) is 0 Å². The average Bonchev–Trinajstić information content (AvgIpc) is 2.75. The first-order chi connectivity index (χ1) is 7.99. The maximum atomic E-state index is 12.2. The van der Waals surface area contributed by atoms with E-state index in [-0.39, 0.29) is 23.9 Å². The highest BCUT2D eigenvalue weighted by Crippen LogP contribution is 2.47. The largest absolute Gasteiger partial charge is 0.352 e. The van der Waals surface area contributed by atoms with Gasteiger partial charge in [0, 0.05) is 18.6 Å². The van der Waals surface area contributed by atoms with Crippen molar-refractivity contribution in [2.24, 2.45) is 23.5 Å². The van der Waals surface area contributed by atoms with Gasteiger partial charge in [-0.1, -0.05) is 0 Å². The van der Waals surface area contributed by atoms with Crippen LogP contribution in [0, 0.1) is 17.8 Å². The van der Waals surface area contributed by atoms with Gasteiger partial charge in [0.15, 0.2) is 0 Å². The SMILES string of the molecule is CC(CN(C)C)NC(=O)C1C2CCC(C2)C1N. The number of fused-ring (bicyclic) bond motifs is 2. The Morgan fingerprint density at radius 2 is 2.06 bits per heavy atom. The first-order valence-electron chi connectivity index (χ1n) is 6.69. The molecule has 2 saturated carbocycles. The monoisotopic (exact) mass is 239 g/mol. The van der Waals surface area contributed by atoms with E-state index in [0.29, 0.717) is 11.8 Å². The molecule has 0 radical (unpaired) electrons. The van der Waals surface area contributed by atoms with Crippen molar-refractivity contribution in [1.29, 1.82) is 0 Å². The lowest BCUT2D eigenvalue weighted by atomic mass is 9.84. The molecule has 4 nitrogen and oxygen atoms in total. The van der Waals surface area contributed by atoms with Crippen molar-refractivity contribution >= 4 is 5.91 Å². The molecule has 0 aliphatic heterocycles. The molecule has 98 valence electrons. The van der Waals surface area contributed by atoms with Gasteiger partial charge in [0.05, 0.1) is 5.92 Å². The van der Waals surface area contributed by atoms with Gasteiger partial charge in [-0.05, 0) is 52.1 Å². The summed E-state index contributed by atoms with van der Waals surface area (Å²) in [7, 11) is 4.04. The van der Waals surface area contributed by atoms with E-state index in [1.54, 1.807) is 0 Å². The minimum absolute atomic E-state index is 0.0679. The van der Waals surface area contributed by atoms with Crippen molar-refractivity contribution in [2.75, 3.05) is 20.6 Å². The Hall–Kier alpha value is -0.610. The van der Waals surface area contributed by atoms with Gasteiger partial charge in [0.1, 0.15) is 0 Å². The van der Waals surface area contributed by atoms with E-state index in [9.17, 15) is 4.79 Å². The van der Waals surface area contributed by atoms with Crippen molar-refractivity contribution < 1.29 is 4.79 Å². The maximum absolute atomic E-state index is 12.2. The van der Waals surface area contributed by atoms with Crippen molar-refractivity contribution in [1.82, 2.24) is 10.2 Å². The molecule has 0 spiro atoms. The van der Waals surface area contributed by atoms with E-state index in [1.807, 2.05) is 14.1 Å². The summed E-state index contributed by atoms with van der Waals surface area (Å²) < 4.78 is 0. The van der Waals surface area contributed by atoms with Crippen LogP contribution in [0.1, 0.15) is 26.2 Å². The number of hydrogen-bond donors (Lipinski definition) is 2. The second-order valence-corrected chi connectivity index (χ2v) is 6.11. The highest BCUT2D eigenvalue weighted by molar-refractivity contribution is 5.80. The van der Waals surface area contributed by atoms with Crippen LogP contribution < -0.4 is 11.1 Å². The number of carbonyl (C=O) groups excluding carboxylic acids is 1. The van der Waals surface area contributed by atoms with E-state index in [2.05, 4.69) is 17.1 Å². The highest BCUT2D eigenvalue weighted by Gasteiger charge is 2.49. The Bertz CT molecular complexity index is 290. The fraction of sp³-hybridized carbons (Fsp3) is 0.923. The Morgan fingerprint density at radius 1 is 1.41 bits per heavy atom. The smallest absolute Gasteiger partial charge is 0.225 e. The molecule has 2 bridgehead atoms. The van der Waals surface area contributed by atoms with E-state index in [0.717, 1.165) is 6.54 Å². The topological polar surface area (TPSA) is 58.4 Å². The van der Waals surface area contributed by atoms with Crippen molar-refractivity contribution in [3.05, 3.63) is 0 Å². The van der Waals surface area contributed by atoms with Crippen molar-refractivity contribution in [2.45, 2.75) is 38.3 Å². The lowest BCUT2D eigenvalue weighted by Gasteiger charge is -2.29. The van der Waals surface area contributed by atoms with Crippen LogP contribution in [0.2, 0.25) is 0 Å². The third kappa shape index (κ3) is 2.63. The van der Waals surface area contributed by atoms with Gasteiger partial charge in [-0.2, -0.15) is 0 Å². The molecule has 0 saturated heterocycles. The molecule has 2 aliphatic rings. The Balaban J connectivity index is 1.88. The Kier molecular flexibility index (Phi) is 3.73. The fourth-order valence-electron chi connectivity index (χ4n) is 3.66. The minimum atomic E-state index is 0.0679. The zero-order valence-electron chi connectivity index (χ0n) is 11.1. The lowest BCUT2D eigenvalue weighted by molar-refractivity contribution is -0.127. The number of amides is 1. The van der Waals surface area contributed by atoms with Gasteiger partial charge in [0.2, 0.25) is 5.91 Å². The van der Waals surface area contributed by atoms with Crippen LogP contribution in [0.4, 0.5) is 0 Å². The minimum Gasteiger partial charge on any atom is -0.352 e. The van der Waals surface area contributed by atoms with Crippen molar-refractivity contribution in [3.63, 3.8) is 0 Å². The molecule has 0 aromatic carbocycles. The summed E-state index contributed by atoms with van der Waals surface area (Å²) in [6.45, 7) is 2.93. The van der Waals surface area contributed by atoms with Crippen LogP contribution in [0.25, 0.3) is 0 Å². The third-order valence-corrected chi connectivity index (χ3v) is 4.31. The van der Waals surface area contributed by atoms with E-state index in [1.165, 1.54) is 19.3 Å². The van der Waals surface area contributed by atoms with E-state index >= 15 is 0 Å². The quantitative estimate of drug-likeness (QED) is 0.748. The molecule has 2 fully saturated rings. The standard InChI is InChI=1S/C13H25N3O/c1-8(7-16(2)3)15-13(17)11-9-4-5-10(6-9)12(11)14/h8-12H,4-7,14H2,1-3H3,(H,15,17). The molecule has 3 N–H and O–H groups in total. The number of carbonyl (C=O) groups is 1. The number of hydrogen-bond acceptors (Lipinski definition) is 3. The maximum Gasteiger partial charge on any atom is 0.225 e. The number of nitrogens with two attached hydrogens (primary N) is 1. The number of nitrogens with zero attached hydrogens (tertiary/aromatic N) is 1. The molecule has 4 heteroatoms. The molecule has 0 heterocycles. The Morgan fingerprint density at radius 3 is 2.59 bits per heavy atom. The second kappa shape index (κ2) is 4.94. The predicted octanol–water partition coefficient (Wildman–Crippen LogP) is 0.426. The molecule has 5 unspecified atom stereocenters. The molecule has 2 aliphatic carbocycles. The fourth-order valence-corrected chi connectivity index (χ4v) is 3.66. The van der Waals surface area contributed by atoms with Crippen LogP contribution >= 0.6 is 0 Å². The molecular formula is C13H25N3O. The van der Waals surface area contributed by atoms with Gasteiger partial charge in [0.25, 0.3) is 0 Å². The van der Waals surface area contributed by atoms with Crippen LogP contribution in [0.3, 0.4) is 0 Å². The molecule has 0 aromatic rings. The summed E-state index contributed by atoms with van der Waals surface area (Å²) >= 11 is 0. The van der Waals surface area contributed by atoms with Gasteiger partial charge in [-0.25, -0.2) is 0 Å². The van der Waals surface area contributed by atoms with Crippen molar-refractivity contribution in [3.8, 4) is 0 Å². The molecule has 2 rings (SSSR count). The first kappa shape index (κ1) is 12.8.